The molecule has 0 radical (unpaired) electrons. The predicted molar refractivity (Wildman–Crippen MR) is 125 cm³/mol. The minimum Gasteiger partial charge on any atom is -0.355 e. The van der Waals surface area contributed by atoms with E-state index in [1.54, 1.807) is 0 Å². The largest absolute Gasteiger partial charge is 0.355 e. The lowest BCUT2D eigenvalue weighted by atomic mass is 10.2. The molecule has 8 nitrogen and oxygen atoms in total. The fourth-order valence-electron chi connectivity index (χ4n) is 3.02. The highest BCUT2D eigenvalue weighted by atomic mass is 31.2. The van der Waals surface area contributed by atoms with E-state index in [9.17, 15) is 9.13 Å². The fourth-order valence-corrected chi connectivity index (χ4v) is 6.48. The predicted octanol–water partition coefficient (Wildman–Crippen LogP) is 6.63. The first-order valence-electron chi connectivity index (χ1n) is 11.9. The molecule has 0 heterocycles. The average molecular weight is 489 g/mol. The molecular weight excluding hydrogens is 442 g/mol. The second-order valence-electron chi connectivity index (χ2n) is 7.10. The molecule has 0 aliphatic carbocycles. The van der Waals surface area contributed by atoms with Crippen LogP contribution in [0.4, 0.5) is 0 Å². The zero-order valence-electron chi connectivity index (χ0n) is 20.2. The summed E-state index contributed by atoms with van der Waals surface area (Å²) in [6.45, 7) is 10.6. The zero-order valence-corrected chi connectivity index (χ0v) is 22.0. The van der Waals surface area contributed by atoms with E-state index in [1.165, 1.54) is 0 Å². The molecule has 0 aliphatic heterocycles. The van der Waals surface area contributed by atoms with Gasteiger partial charge < -0.3 is 27.6 Å². The maximum absolute atomic E-state index is 12.3. The van der Waals surface area contributed by atoms with Gasteiger partial charge in [0.05, 0.1) is 38.8 Å². The Bertz CT molecular complexity index is 428. The first-order valence-corrected chi connectivity index (χ1v) is 15.3. The maximum atomic E-state index is 12.3. The van der Waals surface area contributed by atoms with Crippen molar-refractivity contribution in [1.29, 1.82) is 0 Å². The van der Waals surface area contributed by atoms with Crippen LogP contribution in [0.5, 0.6) is 0 Å². The smallest absolute Gasteiger partial charge is 0.330 e. The maximum Gasteiger partial charge on any atom is 0.330 e. The lowest BCUT2D eigenvalue weighted by Gasteiger charge is -2.16. The summed E-state index contributed by atoms with van der Waals surface area (Å²) < 4.78 is 56.8. The lowest BCUT2D eigenvalue weighted by Crippen LogP contribution is -2.04. The molecule has 0 N–H and O–H groups in total. The highest BCUT2D eigenvalue weighted by Crippen LogP contribution is 2.49. The van der Waals surface area contributed by atoms with E-state index in [4.69, 9.17) is 27.6 Å². The fraction of sp³-hybridized carbons (Fsp3) is 1.00. The van der Waals surface area contributed by atoms with E-state index < -0.39 is 15.2 Å². The van der Waals surface area contributed by atoms with Gasteiger partial charge in [0.1, 0.15) is 6.79 Å². The molecule has 0 bridgehead atoms. The van der Waals surface area contributed by atoms with Crippen LogP contribution < -0.4 is 0 Å². The third kappa shape index (κ3) is 18.3. The van der Waals surface area contributed by atoms with Crippen LogP contribution in [-0.4, -0.2) is 58.8 Å². The van der Waals surface area contributed by atoms with E-state index in [1.807, 2.05) is 27.7 Å². The quantitative estimate of drug-likeness (QED) is 0.0850. The normalized spacial score (nSPS) is 12.5. The minimum absolute atomic E-state index is 0.313. The Kier molecular flexibility index (Phi) is 20.9. The molecule has 0 amide bonds. The molecule has 0 aliphatic rings. The van der Waals surface area contributed by atoms with Crippen LogP contribution >= 0.6 is 15.2 Å². The zero-order chi connectivity index (χ0) is 23.3. The molecule has 0 rings (SSSR count). The van der Waals surface area contributed by atoms with Gasteiger partial charge >= 0.3 is 15.2 Å². The highest BCUT2D eigenvalue weighted by molar-refractivity contribution is 7.54. The van der Waals surface area contributed by atoms with Crippen LogP contribution in [0.25, 0.3) is 0 Å². The molecular formula is C21H46O8P2. The van der Waals surface area contributed by atoms with Crippen molar-refractivity contribution >= 4 is 15.2 Å². The summed E-state index contributed by atoms with van der Waals surface area (Å²) in [6.07, 6.45) is 8.53. The van der Waals surface area contributed by atoms with Gasteiger partial charge in [-0.25, -0.2) is 0 Å². The van der Waals surface area contributed by atoms with Gasteiger partial charge in [-0.3, -0.25) is 9.13 Å². The second-order valence-corrected chi connectivity index (χ2v) is 11.5. The Morgan fingerprint density at radius 1 is 0.484 bits per heavy atom. The minimum atomic E-state index is -2.90. The van der Waals surface area contributed by atoms with Gasteiger partial charge in [-0.05, 0) is 53.4 Å². The molecule has 0 saturated heterocycles. The summed E-state index contributed by atoms with van der Waals surface area (Å²) in [6, 6.07) is 0. The Hall–Kier alpha value is 0.220. The summed E-state index contributed by atoms with van der Waals surface area (Å²) >= 11 is 0. The number of hydrogen-bond donors (Lipinski definition) is 0. The van der Waals surface area contributed by atoms with Crippen LogP contribution in [0.3, 0.4) is 0 Å². The van der Waals surface area contributed by atoms with E-state index in [-0.39, 0.29) is 0 Å². The monoisotopic (exact) mass is 488 g/mol. The number of rotatable bonds is 24. The Morgan fingerprint density at radius 3 is 1.13 bits per heavy atom. The summed E-state index contributed by atoms with van der Waals surface area (Å²) in [5.74, 6) is 0. The molecule has 0 atom stereocenters. The molecule has 0 aromatic rings. The topological polar surface area (TPSA) is 89.5 Å². The molecule has 0 aromatic heterocycles. The van der Waals surface area contributed by atoms with Gasteiger partial charge in [0, 0.05) is 13.2 Å². The second kappa shape index (κ2) is 20.8. The van der Waals surface area contributed by atoms with E-state index >= 15 is 0 Å². The molecule has 0 saturated carbocycles. The SMILES string of the molecule is CCOP(=O)(CCCCCCOCOCCCCCCP(=O)(OCC)OCC)OCC. The van der Waals surface area contributed by atoms with Crippen molar-refractivity contribution in [3.05, 3.63) is 0 Å². The summed E-state index contributed by atoms with van der Waals surface area (Å²) in [4.78, 5) is 0. The van der Waals surface area contributed by atoms with Crippen LogP contribution in [0.2, 0.25) is 0 Å². The molecule has 188 valence electrons. The van der Waals surface area contributed by atoms with Crippen molar-refractivity contribution in [2.45, 2.75) is 79.1 Å². The van der Waals surface area contributed by atoms with E-state index in [2.05, 4.69) is 0 Å². The highest BCUT2D eigenvalue weighted by Gasteiger charge is 2.23. The van der Waals surface area contributed by atoms with Crippen molar-refractivity contribution < 1.29 is 36.7 Å². The van der Waals surface area contributed by atoms with Crippen molar-refractivity contribution in [2.75, 3.05) is 58.8 Å². The molecule has 0 spiro atoms. The molecule has 10 heteroatoms. The van der Waals surface area contributed by atoms with Gasteiger partial charge in [0.2, 0.25) is 0 Å². The van der Waals surface area contributed by atoms with Gasteiger partial charge in [-0.2, -0.15) is 0 Å². The summed E-state index contributed by atoms with van der Waals surface area (Å²) in [5, 5.41) is 0. The Labute approximate surface area is 190 Å². The van der Waals surface area contributed by atoms with E-state index in [0.29, 0.717) is 58.8 Å². The van der Waals surface area contributed by atoms with Crippen LogP contribution in [0, 0.1) is 0 Å². The van der Waals surface area contributed by atoms with Crippen molar-refractivity contribution in [3.63, 3.8) is 0 Å². The Morgan fingerprint density at radius 2 is 0.806 bits per heavy atom. The van der Waals surface area contributed by atoms with Crippen LogP contribution in [-0.2, 0) is 36.7 Å². The first-order chi connectivity index (χ1) is 14.9. The number of ether oxygens (including phenoxy) is 2. The molecule has 31 heavy (non-hydrogen) atoms. The third-order valence-corrected chi connectivity index (χ3v) is 8.75. The summed E-state index contributed by atoms with van der Waals surface area (Å²) in [7, 11) is -5.79. The van der Waals surface area contributed by atoms with E-state index in [0.717, 1.165) is 51.4 Å². The standard InChI is InChI=1S/C21H46O8P2/c1-5-26-30(22,27-6-2)19-15-11-9-13-17-24-21-25-18-14-10-12-16-20-31(23,28-7-3)29-8-4/h5-21H2,1-4H3. The van der Waals surface area contributed by atoms with Crippen molar-refractivity contribution in [1.82, 2.24) is 0 Å². The van der Waals surface area contributed by atoms with Crippen molar-refractivity contribution in [2.24, 2.45) is 0 Å². The lowest BCUT2D eigenvalue weighted by molar-refractivity contribution is -0.0555. The van der Waals surface area contributed by atoms with Gasteiger partial charge in [-0.1, -0.05) is 25.7 Å². The third-order valence-electron chi connectivity index (χ3n) is 4.41. The average Bonchev–Trinajstić information content (AvgIpc) is 2.71. The number of unbranched alkanes of at least 4 members (excludes halogenated alkanes) is 6. The Balaban J connectivity index is 3.47. The van der Waals surface area contributed by atoms with Crippen LogP contribution in [0.1, 0.15) is 79.1 Å². The molecule has 0 aromatic carbocycles. The summed E-state index contributed by atoms with van der Waals surface area (Å²) in [5.41, 5.74) is 0. The number of hydrogen-bond acceptors (Lipinski definition) is 8. The molecule has 0 fully saturated rings. The van der Waals surface area contributed by atoms with Crippen molar-refractivity contribution in [3.8, 4) is 0 Å². The first kappa shape index (κ1) is 31.2. The van der Waals surface area contributed by atoms with Crippen LogP contribution in [0.15, 0.2) is 0 Å². The molecule has 0 unspecified atom stereocenters. The van der Waals surface area contributed by atoms with Gasteiger partial charge in [-0.15, -0.1) is 0 Å². The van der Waals surface area contributed by atoms with Gasteiger partial charge in [0.15, 0.2) is 0 Å². The van der Waals surface area contributed by atoms with Gasteiger partial charge in [0.25, 0.3) is 0 Å².